The molecular weight excluding hydrogens is 478 g/mol. The molecule has 9 nitrogen and oxygen atoms in total. The molecule has 0 radical (unpaired) electrons. The van der Waals surface area contributed by atoms with Gasteiger partial charge < -0.3 is 9.73 Å². The summed E-state index contributed by atoms with van der Waals surface area (Å²) in [7, 11) is -7.49. The lowest BCUT2D eigenvalue weighted by molar-refractivity contribution is 0.102. The highest BCUT2D eigenvalue weighted by Gasteiger charge is 2.24. The van der Waals surface area contributed by atoms with Crippen LogP contribution in [0.4, 0.5) is 5.69 Å². The first-order valence-corrected chi connectivity index (χ1v) is 13.5. The summed E-state index contributed by atoms with van der Waals surface area (Å²) in [5.74, 6) is -0.0254. The van der Waals surface area contributed by atoms with Crippen LogP contribution >= 0.6 is 0 Å². The smallest absolute Gasteiger partial charge is 0.255 e. The molecule has 0 saturated heterocycles. The average molecular weight is 506 g/mol. The number of rotatable bonds is 10. The predicted octanol–water partition coefficient (Wildman–Crippen LogP) is 3.35. The van der Waals surface area contributed by atoms with Crippen molar-refractivity contribution in [3.05, 3.63) is 77.7 Å². The van der Waals surface area contributed by atoms with Gasteiger partial charge in [-0.1, -0.05) is 19.9 Å². The van der Waals surface area contributed by atoms with Gasteiger partial charge >= 0.3 is 0 Å². The minimum absolute atomic E-state index is 0.00135. The van der Waals surface area contributed by atoms with E-state index in [2.05, 4.69) is 10.0 Å². The summed E-state index contributed by atoms with van der Waals surface area (Å²) in [5.41, 5.74) is 1.11. The molecule has 3 rings (SSSR count). The number of nitrogens with one attached hydrogen (secondary N) is 2. The Hall–Kier alpha value is -2.99. The van der Waals surface area contributed by atoms with Gasteiger partial charge in [0, 0.05) is 24.3 Å². The fourth-order valence-corrected chi connectivity index (χ4v) is 6.01. The van der Waals surface area contributed by atoms with E-state index in [1.165, 1.54) is 40.9 Å². The fourth-order valence-electron chi connectivity index (χ4n) is 3.31. The maximum atomic E-state index is 12.9. The molecule has 3 aromatic rings. The van der Waals surface area contributed by atoms with Gasteiger partial charge in [-0.3, -0.25) is 4.79 Å². The van der Waals surface area contributed by atoms with E-state index >= 15 is 0 Å². The molecule has 0 fully saturated rings. The van der Waals surface area contributed by atoms with Crippen LogP contribution in [0.3, 0.4) is 0 Å². The van der Waals surface area contributed by atoms with E-state index in [4.69, 9.17) is 4.42 Å². The highest BCUT2D eigenvalue weighted by molar-refractivity contribution is 7.89. The summed E-state index contributed by atoms with van der Waals surface area (Å²) in [5, 5.41) is 2.68. The van der Waals surface area contributed by atoms with E-state index < -0.39 is 26.0 Å². The predicted molar refractivity (Wildman–Crippen MR) is 128 cm³/mol. The van der Waals surface area contributed by atoms with Crippen molar-refractivity contribution in [1.82, 2.24) is 9.03 Å². The molecule has 11 heteroatoms. The molecule has 2 N–H and O–H groups in total. The second kappa shape index (κ2) is 10.5. The number of aryl methyl sites for hydroxylation is 1. The van der Waals surface area contributed by atoms with E-state index in [-0.39, 0.29) is 21.9 Å². The van der Waals surface area contributed by atoms with Gasteiger partial charge in [-0.15, -0.1) is 0 Å². The quantitative estimate of drug-likeness (QED) is 0.435. The average Bonchev–Trinajstić information content (AvgIpc) is 3.33. The Bertz CT molecular complexity index is 1350. The third-order valence-corrected chi connectivity index (χ3v) is 8.82. The zero-order valence-electron chi connectivity index (χ0n) is 19.1. The SMILES string of the molecule is CCN(CC)S(=O)(=O)c1cc(NC(=O)c2ccc(S(=O)(=O)NCc3ccco3)cc2)ccc1C. The summed E-state index contributed by atoms with van der Waals surface area (Å²) in [6, 6.07) is 13.4. The highest BCUT2D eigenvalue weighted by Crippen LogP contribution is 2.24. The number of carbonyl (C=O) groups is 1. The van der Waals surface area contributed by atoms with Gasteiger partial charge in [-0.05, 0) is 61.0 Å². The Labute approximate surface area is 199 Å². The second-order valence-corrected chi connectivity index (χ2v) is 11.1. The third kappa shape index (κ3) is 5.73. The lowest BCUT2D eigenvalue weighted by Crippen LogP contribution is -2.31. The Morgan fingerprint density at radius 1 is 0.971 bits per heavy atom. The van der Waals surface area contributed by atoms with Gasteiger partial charge in [0.1, 0.15) is 5.76 Å². The number of nitrogens with zero attached hydrogens (tertiary/aromatic N) is 1. The molecule has 0 unspecified atom stereocenters. The fraction of sp³-hybridized carbons (Fsp3) is 0.261. The first-order valence-electron chi connectivity index (χ1n) is 10.6. The van der Waals surface area contributed by atoms with Crippen LogP contribution < -0.4 is 10.0 Å². The van der Waals surface area contributed by atoms with Crippen molar-refractivity contribution in [2.45, 2.75) is 37.1 Å². The Kier molecular flexibility index (Phi) is 7.93. The summed E-state index contributed by atoms with van der Waals surface area (Å²) in [6.07, 6.45) is 1.45. The molecule has 182 valence electrons. The van der Waals surface area contributed by atoms with Gasteiger partial charge in [-0.25, -0.2) is 21.6 Å². The monoisotopic (exact) mass is 505 g/mol. The van der Waals surface area contributed by atoms with Crippen LogP contribution in [0.5, 0.6) is 0 Å². The molecule has 1 amide bonds. The maximum Gasteiger partial charge on any atom is 0.255 e. The van der Waals surface area contributed by atoms with E-state index in [1.807, 2.05) is 0 Å². The summed E-state index contributed by atoms with van der Waals surface area (Å²) in [6.45, 7) is 5.89. The first-order chi connectivity index (χ1) is 16.1. The number of sulfonamides is 2. The van der Waals surface area contributed by atoms with Crippen LogP contribution in [0.2, 0.25) is 0 Å². The molecule has 1 heterocycles. The second-order valence-electron chi connectivity index (χ2n) is 7.45. The van der Waals surface area contributed by atoms with Crippen molar-refractivity contribution < 1.29 is 26.0 Å². The molecule has 0 bridgehead atoms. The van der Waals surface area contributed by atoms with Crippen molar-refractivity contribution in [2.75, 3.05) is 18.4 Å². The first kappa shape index (κ1) is 25.6. The van der Waals surface area contributed by atoms with Gasteiger partial charge in [0.2, 0.25) is 20.0 Å². The molecule has 2 aromatic carbocycles. The number of furan rings is 1. The van der Waals surface area contributed by atoms with Gasteiger partial charge in [0.15, 0.2) is 0 Å². The number of hydrogen-bond acceptors (Lipinski definition) is 6. The van der Waals surface area contributed by atoms with Crippen LogP contribution in [-0.4, -0.2) is 40.1 Å². The van der Waals surface area contributed by atoms with E-state index in [1.54, 1.807) is 45.0 Å². The number of carbonyl (C=O) groups excluding carboxylic acids is 1. The van der Waals surface area contributed by atoms with Gasteiger partial charge in [0.25, 0.3) is 5.91 Å². The molecule has 0 saturated carbocycles. The number of amides is 1. The minimum Gasteiger partial charge on any atom is -0.468 e. The summed E-state index contributed by atoms with van der Waals surface area (Å²) >= 11 is 0. The van der Waals surface area contributed by atoms with Gasteiger partial charge in [0.05, 0.1) is 22.6 Å². The van der Waals surface area contributed by atoms with E-state index in [0.29, 0.717) is 30.1 Å². The molecule has 1 aromatic heterocycles. The Morgan fingerprint density at radius 3 is 2.24 bits per heavy atom. The zero-order chi connectivity index (χ0) is 24.9. The van der Waals surface area contributed by atoms with Crippen molar-refractivity contribution in [3.8, 4) is 0 Å². The van der Waals surface area contributed by atoms with E-state index in [0.717, 1.165) is 0 Å². The Morgan fingerprint density at radius 2 is 1.65 bits per heavy atom. The topological polar surface area (TPSA) is 126 Å². The summed E-state index contributed by atoms with van der Waals surface area (Å²) < 4.78 is 59.7. The van der Waals surface area contributed by atoms with Crippen LogP contribution in [0, 0.1) is 6.92 Å². The highest BCUT2D eigenvalue weighted by atomic mass is 32.2. The van der Waals surface area contributed by atoms with Crippen LogP contribution in [0.15, 0.2) is 75.1 Å². The molecule has 0 atom stereocenters. The lowest BCUT2D eigenvalue weighted by Gasteiger charge is -2.20. The molecule has 0 aliphatic heterocycles. The van der Waals surface area contributed by atoms with Crippen LogP contribution in [-0.2, 0) is 26.6 Å². The van der Waals surface area contributed by atoms with Crippen LogP contribution in [0.25, 0.3) is 0 Å². The van der Waals surface area contributed by atoms with Gasteiger partial charge in [-0.2, -0.15) is 4.31 Å². The maximum absolute atomic E-state index is 12.9. The normalized spacial score (nSPS) is 12.1. The summed E-state index contributed by atoms with van der Waals surface area (Å²) in [4.78, 5) is 12.8. The van der Waals surface area contributed by atoms with Crippen molar-refractivity contribution in [3.63, 3.8) is 0 Å². The number of benzene rings is 2. The molecule has 0 spiro atoms. The molecule has 0 aliphatic rings. The van der Waals surface area contributed by atoms with E-state index in [9.17, 15) is 21.6 Å². The van der Waals surface area contributed by atoms with Crippen molar-refractivity contribution in [1.29, 1.82) is 0 Å². The molecular formula is C23H27N3O6S2. The third-order valence-electron chi connectivity index (χ3n) is 5.21. The largest absolute Gasteiger partial charge is 0.468 e. The molecule has 0 aliphatic carbocycles. The zero-order valence-corrected chi connectivity index (χ0v) is 20.7. The van der Waals surface area contributed by atoms with Crippen molar-refractivity contribution in [2.24, 2.45) is 0 Å². The minimum atomic E-state index is -3.79. The lowest BCUT2D eigenvalue weighted by atomic mass is 10.2. The van der Waals surface area contributed by atoms with Crippen molar-refractivity contribution >= 4 is 31.6 Å². The molecule has 34 heavy (non-hydrogen) atoms. The standard InChI is InChI=1S/C23H27N3O6S2/c1-4-26(5-2)34(30,31)22-15-19(11-8-17(22)3)25-23(27)18-9-12-21(13-10-18)33(28,29)24-16-20-7-6-14-32-20/h6-15,24H,4-5,16H2,1-3H3,(H,25,27). The number of hydrogen-bond donors (Lipinski definition) is 2. The Balaban J connectivity index is 1.75. The van der Waals surface area contributed by atoms with Crippen LogP contribution in [0.1, 0.15) is 35.5 Å². The number of anilines is 1.